The molecule has 0 unspecified atom stereocenters. The average molecular weight is 846 g/mol. The number of para-hydroxylation sites is 2. The number of nitrogens with zero attached hydrogens (tertiary/aromatic N) is 3. The Morgan fingerprint density at radius 2 is 1.02 bits per heavy atom. The minimum absolute atomic E-state index is 0.462. The third-order valence-corrected chi connectivity index (χ3v) is 14.7. The summed E-state index contributed by atoms with van der Waals surface area (Å²) in [6.45, 7) is 0. The fourth-order valence-corrected chi connectivity index (χ4v) is 12.0. The molecular formula is C60H35N3OS. The van der Waals surface area contributed by atoms with Crippen LogP contribution in [0.25, 0.3) is 99.9 Å². The van der Waals surface area contributed by atoms with Crippen LogP contribution in [0.15, 0.2) is 227 Å². The maximum Gasteiger partial charge on any atom is 0.160 e. The maximum absolute atomic E-state index is 6.31. The molecule has 65 heavy (non-hydrogen) atoms. The lowest BCUT2D eigenvalue weighted by Crippen LogP contribution is -2.31. The molecule has 0 N–H and O–H groups in total. The van der Waals surface area contributed by atoms with Gasteiger partial charge in [-0.25, -0.2) is 15.0 Å². The van der Waals surface area contributed by atoms with Crippen molar-refractivity contribution in [1.29, 1.82) is 0 Å². The molecule has 5 heteroatoms. The van der Waals surface area contributed by atoms with Crippen LogP contribution < -0.4 is 0 Å². The zero-order valence-electron chi connectivity index (χ0n) is 34.9. The second-order valence-electron chi connectivity index (χ2n) is 17.0. The molecule has 4 nitrogen and oxygen atoms in total. The van der Waals surface area contributed by atoms with E-state index in [1.165, 1.54) is 48.6 Å². The van der Waals surface area contributed by atoms with Crippen LogP contribution in [0.1, 0.15) is 22.3 Å². The van der Waals surface area contributed by atoms with E-state index in [-0.39, 0.29) is 0 Å². The molecule has 0 radical (unpaired) electrons. The van der Waals surface area contributed by atoms with Gasteiger partial charge in [0.25, 0.3) is 0 Å². The number of aromatic nitrogens is 3. The summed E-state index contributed by atoms with van der Waals surface area (Å²) >= 11 is 1.88. The van der Waals surface area contributed by atoms with E-state index in [0.29, 0.717) is 5.82 Å². The smallest absolute Gasteiger partial charge is 0.160 e. The van der Waals surface area contributed by atoms with Crippen molar-refractivity contribution in [3.05, 3.63) is 235 Å². The highest BCUT2D eigenvalue weighted by atomic mass is 32.2. The molecule has 0 atom stereocenters. The molecule has 0 saturated heterocycles. The van der Waals surface area contributed by atoms with E-state index >= 15 is 0 Å². The van der Waals surface area contributed by atoms with Crippen molar-refractivity contribution in [3.63, 3.8) is 0 Å². The first kappa shape index (κ1) is 36.4. The van der Waals surface area contributed by atoms with Gasteiger partial charge >= 0.3 is 0 Å². The van der Waals surface area contributed by atoms with Crippen molar-refractivity contribution in [3.8, 4) is 56.3 Å². The highest BCUT2D eigenvalue weighted by Crippen LogP contribution is 2.63. The quantitative estimate of drug-likeness (QED) is 0.165. The monoisotopic (exact) mass is 845 g/mol. The topological polar surface area (TPSA) is 51.8 Å². The summed E-state index contributed by atoms with van der Waals surface area (Å²) in [5, 5.41) is 5.63. The van der Waals surface area contributed by atoms with Gasteiger partial charge in [0.15, 0.2) is 5.82 Å². The van der Waals surface area contributed by atoms with E-state index in [1.807, 2.05) is 54.2 Å². The summed E-state index contributed by atoms with van der Waals surface area (Å²) in [6, 6.07) is 75.9. The van der Waals surface area contributed by atoms with Crippen molar-refractivity contribution >= 4 is 55.4 Å². The lowest BCUT2D eigenvalue weighted by atomic mass is 9.67. The third-order valence-electron chi connectivity index (χ3n) is 13.6. The van der Waals surface area contributed by atoms with E-state index in [9.17, 15) is 0 Å². The van der Waals surface area contributed by atoms with Crippen molar-refractivity contribution in [2.75, 3.05) is 0 Å². The Morgan fingerprint density at radius 1 is 0.385 bits per heavy atom. The van der Waals surface area contributed by atoms with Crippen LogP contribution in [-0.4, -0.2) is 15.0 Å². The Bertz CT molecular complexity index is 3880. The van der Waals surface area contributed by atoms with Crippen molar-refractivity contribution in [2.24, 2.45) is 0 Å². The molecule has 1 spiro atoms. The fraction of sp³-hybridized carbons (Fsp3) is 0.0167. The Labute approximate surface area is 378 Å². The van der Waals surface area contributed by atoms with E-state index in [2.05, 4.69) is 170 Å². The molecule has 2 aliphatic rings. The molecule has 4 heterocycles. The van der Waals surface area contributed by atoms with Crippen LogP contribution >= 0.6 is 11.8 Å². The van der Waals surface area contributed by atoms with E-state index in [1.54, 1.807) is 0 Å². The summed E-state index contributed by atoms with van der Waals surface area (Å²) in [4.78, 5) is 18.5. The minimum atomic E-state index is -0.462. The van der Waals surface area contributed by atoms with Crippen molar-refractivity contribution in [1.82, 2.24) is 15.0 Å². The predicted molar refractivity (Wildman–Crippen MR) is 265 cm³/mol. The van der Waals surface area contributed by atoms with Gasteiger partial charge in [0.2, 0.25) is 0 Å². The normalized spacial score (nSPS) is 13.3. The standard InChI is InChI=1S/C60H35N3OS/c1-2-15-38(16-3-1)59-62-49(35-50(63-59)41-20-14-26-52-55(41)42-19-6-11-25-51(42)64-52)36-29-31-37(32-30-36)58-43-33-34-47-57(56(43)40-18-5-10-24-48(40)61-58)39-17-4-7-21-44(39)60(47)45-22-8-12-27-53(45)65-54-28-13-9-23-46(54)60/h1-35H. The van der Waals surface area contributed by atoms with Crippen molar-refractivity contribution in [2.45, 2.75) is 15.2 Å². The molecule has 12 aromatic rings. The zero-order chi connectivity index (χ0) is 42.6. The summed E-state index contributed by atoms with van der Waals surface area (Å²) < 4.78 is 6.31. The summed E-state index contributed by atoms with van der Waals surface area (Å²) in [5.41, 5.74) is 16.7. The maximum atomic E-state index is 6.31. The first-order chi connectivity index (χ1) is 32.2. The van der Waals surface area contributed by atoms with Gasteiger partial charge in [-0.2, -0.15) is 0 Å². The number of hydrogen-bond acceptors (Lipinski definition) is 5. The van der Waals surface area contributed by atoms with E-state index in [4.69, 9.17) is 19.4 Å². The van der Waals surface area contributed by atoms with Gasteiger partial charge < -0.3 is 4.42 Å². The molecular weight excluding hydrogens is 811 g/mol. The lowest BCUT2D eigenvalue weighted by Gasteiger charge is -2.39. The van der Waals surface area contributed by atoms with Crippen LogP contribution in [0.2, 0.25) is 0 Å². The van der Waals surface area contributed by atoms with E-state index < -0.39 is 5.41 Å². The van der Waals surface area contributed by atoms with Gasteiger partial charge in [-0.05, 0) is 69.8 Å². The lowest BCUT2D eigenvalue weighted by molar-refractivity contribution is 0.669. The number of rotatable bonds is 4. The average Bonchev–Trinajstić information content (AvgIpc) is 3.90. The first-order valence-corrected chi connectivity index (χ1v) is 22.8. The van der Waals surface area contributed by atoms with Gasteiger partial charge in [-0.1, -0.05) is 188 Å². The molecule has 1 aliphatic heterocycles. The van der Waals surface area contributed by atoms with E-state index in [0.717, 1.165) is 77.6 Å². The second-order valence-corrected chi connectivity index (χ2v) is 18.0. The van der Waals surface area contributed by atoms with Crippen LogP contribution in [0.5, 0.6) is 0 Å². The Hall–Kier alpha value is -8.12. The van der Waals surface area contributed by atoms with Crippen molar-refractivity contribution < 1.29 is 4.42 Å². The number of fused-ring (bicyclic) bond motifs is 16. The SMILES string of the molecule is c1ccc(-c2nc(-c3ccc(-c4nc5ccccc5c5c6c(ccc45)C4(c5ccccc5Sc5ccccc54)c4ccccc4-6)cc3)cc(-c3cccc4oc5ccccc5c34)n2)cc1. The van der Waals surface area contributed by atoms with Gasteiger partial charge in [-0.15, -0.1) is 0 Å². The minimum Gasteiger partial charge on any atom is -0.456 e. The molecule has 0 bridgehead atoms. The van der Waals surface area contributed by atoms with Gasteiger partial charge in [-0.3, -0.25) is 0 Å². The summed E-state index contributed by atoms with van der Waals surface area (Å²) in [5.74, 6) is 0.669. The van der Waals surface area contributed by atoms with Crippen LogP contribution in [0.4, 0.5) is 0 Å². The highest BCUT2D eigenvalue weighted by Gasteiger charge is 2.50. The van der Waals surface area contributed by atoms with Crippen LogP contribution in [-0.2, 0) is 5.41 Å². The Kier molecular flexibility index (Phi) is 7.80. The second kappa shape index (κ2) is 13.9. The largest absolute Gasteiger partial charge is 0.456 e. The Morgan fingerprint density at radius 3 is 1.83 bits per heavy atom. The predicted octanol–water partition coefficient (Wildman–Crippen LogP) is 15.6. The number of benzene rings is 9. The number of furan rings is 1. The fourth-order valence-electron chi connectivity index (χ4n) is 10.8. The summed E-state index contributed by atoms with van der Waals surface area (Å²) in [7, 11) is 0. The summed E-state index contributed by atoms with van der Waals surface area (Å²) in [6.07, 6.45) is 0. The van der Waals surface area contributed by atoms with Crippen LogP contribution in [0, 0.1) is 0 Å². The number of pyridine rings is 1. The molecule has 0 saturated carbocycles. The van der Waals surface area contributed by atoms with Gasteiger partial charge in [0, 0.05) is 59.0 Å². The van der Waals surface area contributed by atoms with Gasteiger partial charge in [0.1, 0.15) is 11.2 Å². The molecule has 0 fully saturated rings. The number of hydrogen-bond donors (Lipinski definition) is 0. The molecule has 0 amide bonds. The van der Waals surface area contributed by atoms with Crippen LogP contribution in [0.3, 0.4) is 0 Å². The third kappa shape index (κ3) is 5.24. The Balaban J connectivity index is 0.968. The molecule has 9 aromatic carbocycles. The molecule has 14 rings (SSSR count). The molecule has 3 aromatic heterocycles. The highest BCUT2D eigenvalue weighted by molar-refractivity contribution is 7.99. The molecule has 1 aliphatic carbocycles. The molecule has 302 valence electrons. The van der Waals surface area contributed by atoms with Gasteiger partial charge in [0.05, 0.1) is 28.0 Å². The first-order valence-electron chi connectivity index (χ1n) is 22.0. The zero-order valence-corrected chi connectivity index (χ0v) is 35.7.